The van der Waals surface area contributed by atoms with E-state index >= 15 is 0 Å². The van der Waals surface area contributed by atoms with Crippen molar-refractivity contribution in [1.82, 2.24) is 20.1 Å². The van der Waals surface area contributed by atoms with E-state index in [1.165, 1.54) is 5.56 Å². The van der Waals surface area contributed by atoms with Gasteiger partial charge in [0.15, 0.2) is 5.82 Å². The third kappa shape index (κ3) is 5.15. The number of aliphatic carboxylic acids is 1. The number of rotatable bonds is 4. The Hall–Kier alpha value is -3.19. The van der Waals surface area contributed by atoms with Crippen LogP contribution in [-0.2, 0) is 31.0 Å². The maximum atomic E-state index is 9.00. The average molecular weight is 366 g/mol. The summed E-state index contributed by atoms with van der Waals surface area (Å²) < 4.78 is 7.96. The van der Waals surface area contributed by atoms with E-state index in [-0.39, 0.29) is 0 Å². The highest BCUT2D eigenvalue weighted by Gasteiger charge is 2.18. The number of ether oxygens (including phenoxy) is 1. The van der Waals surface area contributed by atoms with Crippen LogP contribution in [0.25, 0.3) is 0 Å². The van der Waals surface area contributed by atoms with E-state index in [1.807, 2.05) is 36.4 Å². The van der Waals surface area contributed by atoms with Gasteiger partial charge in [-0.05, 0) is 11.6 Å². The lowest BCUT2D eigenvalue weighted by atomic mass is 10.2. The van der Waals surface area contributed by atoms with Gasteiger partial charge in [-0.15, -0.1) is 10.2 Å². The van der Waals surface area contributed by atoms with Crippen LogP contribution in [0.5, 0.6) is 5.75 Å². The number of carboxylic acid groups (broad SMARTS) is 1. The number of carbonyl (C=O) groups is 1. The van der Waals surface area contributed by atoms with E-state index in [0.29, 0.717) is 13.2 Å². The Kier molecular flexibility index (Phi) is 6.17. The molecule has 7 nitrogen and oxygen atoms in total. The van der Waals surface area contributed by atoms with Crippen molar-refractivity contribution in [2.45, 2.75) is 33.2 Å². The monoisotopic (exact) mass is 366 g/mol. The number of nitrogens with one attached hydrogen (secondary N) is 1. The van der Waals surface area contributed by atoms with E-state index in [1.54, 1.807) is 0 Å². The Morgan fingerprint density at radius 3 is 2.59 bits per heavy atom. The van der Waals surface area contributed by atoms with Crippen LogP contribution in [0, 0.1) is 0 Å². The number of para-hydroxylation sites is 1. The predicted molar refractivity (Wildman–Crippen MR) is 100 cm³/mol. The van der Waals surface area contributed by atoms with Gasteiger partial charge in [0.2, 0.25) is 0 Å². The van der Waals surface area contributed by atoms with Crippen LogP contribution in [0.1, 0.15) is 29.7 Å². The Labute approximate surface area is 157 Å². The number of benzene rings is 2. The zero-order chi connectivity index (χ0) is 19.1. The van der Waals surface area contributed by atoms with Crippen LogP contribution < -0.4 is 10.1 Å². The summed E-state index contributed by atoms with van der Waals surface area (Å²) in [4.78, 5) is 9.00. The fourth-order valence-electron chi connectivity index (χ4n) is 2.79. The minimum absolute atomic E-state index is 0.461. The molecule has 2 N–H and O–H groups in total. The number of hydrogen-bond acceptors (Lipinski definition) is 5. The van der Waals surface area contributed by atoms with Gasteiger partial charge in [-0.25, -0.2) is 0 Å². The summed E-state index contributed by atoms with van der Waals surface area (Å²) >= 11 is 0. The van der Waals surface area contributed by atoms with Crippen molar-refractivity contribution in [3.05, 3.63) is 77.4 Å². The first kappa shape index (κ1) is 18.6. The molecule has 3 aromatic rings. The topological polar surface area (TPSA) is 89.3 Å². The van der Waals surface area contributed by atoms with E-state index < -0.39 is 5.97 Å². The molecular formula is C20H22N4O3. The molecule has 0 bridgehead atoms. The second-order valence-electron chi connectivity index (χ2n) is 6.12. The van der Waals surface area contributed by atoms with Gasteiger partial charge in [0.25, 0.3) is 5.97 Å². The highest BCUT2D eigenvalue weighted by Crippen LogP contribution is 2.24. The summed E-state index contributed by atoms with van der Waals surface area (Å²) in [6.07, 6.45) is 0. The summed E-state index contributed by atoms with van der Waals surface area (Å²) in [7, 11) is 0. The molecule has 0 amide bonds. The van der Waals surface area contributed by atoms with Gasteiger partial charge < -0.3 is 19.7 Å². The van der Waals surface area contributed by atoms with Gasteiger partial charge in [0, 0.05) is 19.0 Å². The standard InChI is InChI=1S/C18H18N4O.C2H4O2/c1-2-6-14(7-3-1)10-19-11-17-20-21-18-13-23-16-9-5-4-8-15(16)12-22(17)18;1-2(3)4/h1-9,19H,10-13H2;1H3,(H,3,4). The molecule has 0 spiro atoms. The smallest absolute Gasteiger partial charge is 0.300 e. The summed E-state index contributed by atoms with van der Waals surface area (Å²) in [6, 6.07) is 18.5. The quantitative estimate of drug-likeness (QED) is 0.738. The van der Waals surface area contributed by atoms with Gasteiger partial charge in [-0.3, -0.25) is 4.79 Å². The molecule has 27 heavy (non-hydrogen) atoms. The minimum Gasteiger partial charge on any atom is -0.485 e. The molecule has 1 aliphatic rings. The molecule has 0 atom stereocenters. The zero-order valence-electron chi connectivity index (χ0n) is 15.1. The fraction of sp³-hybridized carbons (Fsp3) is 0.250. The second kappa shape index (κ2) is 8.95. The molecule has 2 aromatic carbocycles. The second-order valence-corrected chi connectivity index (χ2v) is 6.12. The summed E-state index contributed by atoms with van der Waals surface area (Å²) in [5.41, 5.74) is 2.42. The first-order chi connectivity index (χ1) is 13.1. The molecule has 140 valence electrons. The molecule has 0 saturated heterocycles. The SMILES string of the molecule is CC(=O)O.c1ccc(CNCc2nnc3n2Cc2ccccc2OC3)cc1. The predicted octanol–water partition coefficient (Wildman–Crippen LogP) is 2.60. The molecule has 2 heterocycles. The lowest BCUT2D eigenvalue weighted by Gasteiger charge is -2.09. The maximum Gasteiger partial charge on any atom is 0.300 e. The van der Waals surface area contributed by atoms with Crippen molar-refractivity contribution < 1.29 is 14.6 Å². The Balaban J connectivity index is 0.000000481. The van der Waals surface area contributed by atoms with Crippen LogP contribution in [-0.4, -0.2) is 25.8 Å². The normalized spacial score (nSPS) is 11.9. The Morgan fingerprint density at radius 1 is 1.11 bits per heavy atom. The van der Waals surface area contributed by atoms with Crippen LogP contribution in [0.15, 0.2) is 54.6 Å². The minimum atomic E-state index is -0.833. The number of aromatic nitrogens is 3. The summed E-state index contributed by atoms with van der Waals surface area (Å²) in [6.45, 7) is 3.80. The molecule has 7 heteroatoms. The first-order valence-electron chi connectivity index (χ1n) is 8.69. The molecule has 0 fully saturated rings. The Morgan fingerprint density at radius 2 is 1.81 bits per heavy atom. The molecule has 0 unspecified atom stereocenters. The molecule has 1 aromatic heterocycles. The van der Waals surface area contributed by atoms with Crippen molar-refractivity contribution in [3.8, 4) is 5.75 Å². The van der Waals surface area contributed by atoms with Gasteiger partial charge >= 0.3 is 0 Å². The molecule has 0 aliphatic carbocycles. The molecule has 0 radical (unpaired) electrons. The van der Waals surface area contributed by atoms with Gasteiger partial charge in [-0.1, -0.05) is 48.5 Å². The molecular weight excluding hydrogens is 344 g/mol. The first-order valence-corrected chi connectivity index (χ1v) is 8.69. The lowest BCUT2D eigenvalue weighted by Crippen LogP contribution is -2.17. The van der Waals surface area contributed by atoms with E-state index in [0.717, 1.165) is 43.0 Å². The van der Waals surface area contributed by atoms with Crippen LogP contribution in [0.2, 0.25) is 0 Å². The third-order valence-electron chi connectivity index (χ3n) is 4.02. The van der Waals surface area contributed by atoms with Crippen molar-refractivity contribution in [2.75, 3.05) is 0 Å². The molecule has 4 rings (SSSR count). The van der Waals surface area contributed by atoms with Crippen molar-refractivity contribution in [1.29, 1.82) is 0 Å². The zero-order valence-corrected chi connectivity index (χ0v) is 15.1. The fourth-order valence-corrected chi connectivity index (χ4v) is 2.79. The van der Waals surface area contributed by atoms with Crippen LogP contribution >= 0.6 is 0 Å². The van der Waals surface area contributed by atoms with Crippen molar-refractivity contribution in [2.24, 2.45) is 0 Å². The summed E-state index contributed by atoms with van der Waals surface area (Å²) in [5.74, 6) is 1.91. The lowest BCUT2D eigenvalue weighted by molar-refractivity contribution is -0.134. The molecule has 1 aliphatic heterocycles. The Bertz CT molecular complexity index is 889. The number of hydrogen-bond donors (Lipinski definition) is 2. The average Bonchev–Trinajstić information content (AvgIpc) is 2.93. The van der Waals surface area contributed by atoms with E-state index in [4.69, 9.17) is 14.6 Å². The third-order valence-corrected chi connectivity index (χ3v) is 4.02. The van der Waals surface area contributed by atoms with Gasteiger partial charge in [0.1, 0.15) is 18.2 Å². The molecule has 0 saturated carbocycles. The summed E-state index contributed by atoms with van der Waals surface area (Å²) in [5, 5.41) is 19.4. The van der Waals surface area contributed by atoms with Crippen LogP contribution in [0.3, 0.4) is 0 Å². The maximum absolute atomic E-state index is 9.00. The van der Waals surface area contributed by atoms with E-state index in [9.17, 15) is 0 Å². The van der Waals surface area contributed by atoms with Gasteiger partial charge in [-0.2, -0.15) is 0 Å². The highest BCUT2D eigenvalue weighted by molar-refractivity contribution is 5.62. The number of nitrogens with zero attached hydrogens (tertiary/aromatic N) is 3. The van der Waals surface area contributed by atoms with Crippen molar-refractivity contribution in [3.63, 3.8) is 0 Å². The van der Waals surface area contributed by atoms with Crippen molar-refractivity contribution >= 4 is 5.97 Å². The highest BCUT2D eigenvalue weighted by atomic mass is 16.5. The van der Waals surface area contributed by atoms with Crippen LogP contribution in [0.4, 0.5) is 0 Å². The van der Waals surface area contributed by atoms with Gasteiger partial charge in [0.05, 0.1) is 13.1 Å². The number of carboxylic acids is 1. The number of fused-ring (bicyclic) bond motifs is 2. The van der Waals surface area contributed by atoms with E-state index in [2.05, 4.69) is 38.3 Å². The largest absolute Gasteiger partial charge is 0.485 e.